The molecule has 0 saturated carbocycles. The monoisotopic (exact) mass is 314 g/mol. The summed E-state index contributed by atoms with van der Waals surface area (Å²) in [4.78, 5) is 0.198. The van der Waals surface area contributed by atoms with Crippen LogP contribution in [0.15, 0.2) is 59.5 Å². The smallest absolute Gasteiger partial charge is 0.207 e. The van der Waals surface area contributed by atoms with Gasteiger partial charge in [-0.25, -0.2) is 13.1 Å². The van der Waals surface area contributed by atoms with Gasteiger partial charge in [0.25, 0.3) is 0 Å². The van der Waals surface area contributed by atoms with Gasteiger partial charge in [-0.3, -0.25) is 0 Å². The van der Waals surface area contributed by atoms with Crippen LogP contribution in [0.3, 0.4) is 0 Å². The van der Waals surface area contributed by atoms with Crippen LogP contribution in [0.25, 0.3) is 0 Å². The van der Waals surface area contributed by atoms with E-state index in [0.717, 1.165) is 11.1 Å². The van der Waals surface area contributed by atoms with Crippen molar-refractivity contribution in [1.29, 1.82) is 5.26 Å². The van der Waals surface area contributed by atoms with Crippen molar-refractivity contribution >= 4 is 10.0 Å². The van der Waals surface area contributed by atoms with E-state index in [-0.39, 0.29) is 4.90 Å². The van der Waals surface area contributed by atoms with Crippen LogP contribution >= 0.6 is 0 Å². The first-order valence-corrected chi connectivity index (χ1v) is 8.46. The summed E-state index contributed by atoms with van der Waals surface area (Å²) in [5, 5.41) is 9.19. The van der Waals surface area contributed by atoms with Crippen molar-refractivity contribution in [2.24, 2.45) is 5.92 Å². The third-order valence-corrected chi connectivity index (χ3v) is 4.93. The van der Waals surface area contributed by atoms with Crippen LogP contribution in [0.4, 0.5) is 0 Å². The van der Waals surface area contributed by atoms with E-state index in [1.807, 2.05) is 37.3 Å². The second-order valence-corrected chi connectivity index (χ2v) is 6.95. The Hall–Kier alpha value is -2.16. The molecule has 0 spiro atoms. The Morgan fingerprint density at radius 1 is 1.05 bits per heavy atom. The molecule has 0 radical (unpaired) electrons. The molecule has 0 bridgehead atoms. The van der Waals surface area contributed by atoms with Crippen molar-refractivity contribution in [3.8, 4) is 6.07 Å². The molecule has 114 valence electrons. The van der Waals surface area contributed by atoms with Crippen LogP contribution in [-0.2, 0) is 10.0 Å². The molecule has 0 amide bonds. The molecule has 2 aromatic rings. The van der Waals surface area contributed by atoms with Crippen LogP contribution in [0, 0.1) is 24.2 Å². The van der Waals surface area contributed by atoms with Crippen LogP contribution in [0.1, 0.15) is 24.1 Å². The zero-order valence-electron chi connectivity index (χ0n) is 12.5. The number of nitrogens with zero attached hydrogens (tertiary/aromatic N) is 1. The first-order valence-electron chi connectivity index (χ1n) is 6.97. The Bertz CT molecular complexity index is 763. The summed E-state index contributed by atoms with van der Waals surface area (Å²) in [6, 6.07) is 17.3. The molecule has 4 nitrogen and oxygen atoms in total. The van der Waals surface area contributed by atoms with Gasteiger partial charge < -0.3 is 0 Å². The molecule has 0 fully saturated rings. The number of benzene rings is 2. The van der Waals surface area contributed by atoms with Gasteiger partial charge in [-0.1, -0.05) is 48.0 Å². The van der Waals surface area contributed by atoms with Crippen LogP contribution < -0.4 is 4.72 Å². The molecule has 0 aliphatic heterocycles. The van der Waals surface area contributed by atoms with E-state index in [1.165, 1.54) is 0 Å². The van der Waals surface area contributed by atoms with Gasteiger partial charge in [0.2, 0.25) is 10.0 Å². The lowest BCUT2D eigenvalue weighted by Gasteiger charge is -2.21. The fourth-order valence-corrected chi connectivity index (χ4v) is 3.45. The fraction of sp³-hybridized carbons (Fsp3) is 0.235. The van der Waals surface area contributed by atoms with Crippen LogP contribution in [-0.4, -0.2) is 8.42 Å². The van der Waals surface area contributed by atoms with E-state index < -0.39 is 22.0 Å². The van der Waals surface area contributed by atoms with E-state index in [0.29, 0.717) is 0 Å². The maximum atomic E-state index is 12.5. The van der Waals surface area contributed by atoms with Crippen molar-refractivity contribution < 1.29 is 8.42 Å². The quantitative estimate of drug-likeness (QED) is 0.921. The van der Waals surface area contributed by atoms with E-state index in [2.05, 4.69) is 10.8 Å². The second-order valence-electron chi connectivity index (χ2n) is 5.24. The molecule has 0 saturated heterocycles. The van der Waals surface area contributed by atoms with E-state index in [9.17, 15) is 13.7 Å². The van der Waals surface area contributed by atoms with Gasteiger partial charge in [-0.15, -0.1) is 0 Å². The molecular formula is C17H18N2O2S. The molecule has 0 heterocycles. The van der Waals surface area contributed by atoms with Gasteiger partial charge in [0, 0.05) is 0 Å². The number of hydrogen-bond acceptors (Lipinski definition) is 3. The molecule has 0 aliphatic carbocycles. The third-order valence-electron chi connectivity index (χ3n) is 3.48. The highest BCUT2D eigenvalue weighted by Gasteiger charge is 2.25. The number of aryl methyl sites for hydroxylation is 1. The minimum Gasteiger partial charge on any atom is -0.207 e. The second kappa shape index (κ2) is 6.73. The average Bonchev–Trinajstić information content (AvgIpc) is 2.53. The van der Waals surface area contributed by atoms with Crippen molar-refractivity contribution in [3.63, 3.8) is 0 Å². The Kier molecular flexibility index (Phi) is 4.96. The lowest BCUT2D eigenvalue weighted by Crippen LogP contribution is -2.32. The number of nitrogens with one attached hydrogen (secondary N) is 1. The predicted octanol–water partition coefficient (Wildman–Crippen LogP) is 3.17. The Morgan fingerprint density at radius 2 is 1.64 bits per heavy atom. The highest BCUT2D eigenvalue weighted by molar-refractivity contribution is 7.89. The van der Waals surface area contributed by atoms with Crippen LogP contribution in [0.2, 0.25) is 0 Å². The Morgan fingerprint density at radius 3 is 2.18 bits per heavy atom. The molecule has 0 aliphatic rings. The number of sulfonamides is 1. The molecule has 0 aromatic heterocycles. The van der Waals surface area contributed by atoms with Gasteiger partial charge in [-0.05, 0) is 31.5 Å². The summed E-state index contributed by atoms with van der Waals surface area (Å²) in [5.74, 6) is -0.484. The summed E-state index contributed by atoms with van der Waals surface area (Å²) in [5.41, 5.74) is 1.76. The fourth-order valence-electron chi connectivity index (χ4n) is 2.15. The summed E-state index contributed by atoms with van der Waals surface area (Å²) in [7, 11) is -3.68. The zero-order valence-corrected chi connectivity index (χ0v) is 13.3. The topological polar surface area (TPSA) is 70.0 Å². The zero-order chi connectivity index (χ0) is 16.2. The lowest BCUT2D eigenvalue weighted by molar-refractivity contribution is 0.504. The van der Waals surface area contributed by atoms with E-state index >= 15 is 0 Å². The van der Waals surface area contributed by atoms with Gasteiger partial charge in [-0.2, -0.15) is 5.26 Å². The van der Waals surface area contributed by atoms with Gasteiger partial charge in [0.1, 0.15) is 0 Å². The van der Waals surface area contributed by atoms with Crippen molar-refractivity contribution in [1.82, 2.24) is 4.72 Å². The maximum Gasteiger partial charge on any atom is 0.241 e. The number of hydrogen-bond donors (Lipinski definition) is 1. The first-order chi connectivity index (χ1) is 10.4. The molecule has 5 heteroatoms. The third kappa shape index (κ3) is 3.73. The van der Waals surface area contributed by atoms with E-state index in [4.69, 9.17) is 0 Å². The summed E-state index contributed by atoms with van der Waals surface area (Å²) >= 11 is 0. The van der Waals surface area contributed by atoms with Crippen molar-refractivity contribution in [2.45, 2.75) is 24.8 Å². The molecule has 2 rings (SSSR count). The first kappa shape index (κ1) is 16.2. The lowest BCUT2D eigenvalue weighted by atomic mass is 9.97. The van der Waals surface area contributed by atoms with Gasteiger partial charge in [0.15, 0.2) is 0 Å². The largest absolute Gasteiger partial charge is 0.241 e. The number of rotatable bonds is 5. The SMILES string of the molecule is Cc1ccc(S(=O)(=O)NC(c2ccccc2)C(C)C#N)cc1. The molecule has 2 unspecified atom stereocenters. The van der Waals surface area contributed by atoms with Gasteiger partial charge in [0.05, 0.1) is 22.9 Å². The van der Waals surface area contributed by atoms with E-state index in [1.54, 1.807) is 31.2 Å². The van der Waals surface area contributed by atoms with Crippen molar-refractivity contribution in [3.05, 3.63) is 65.7 Å². The summed E-state index contributed by atoms with van der Waals surface area (Å²) in [6.45, 7) is 3.60. The Labute approximate surface area is 131 Å². The summed E-state index contributed by atoms with van der Waals surface area (Å²) < 4.78 is 27.7. The molecule has 22 heavy (non-hydrogen) atoms. The predicted molar refractivity (Wildman–Crippen MR) is 85.5 cm³/mol. The van der Waals surface area contributed by atoms with Crippen LogP contribution in [0.5, 0.6) is 0 Å². The van der Waals surface area contributed by atoms with Crippen molar-refractivity contribution in [2.75, 3.05) is 0 Å². The number of nitriles is 1. The molecular weight excluding hydrogens is 296 g/mol. The molecule has 1 N–H and O–H groups in total. The summed E-state index contributed by atoms with van der Waals surface area (Å²) in [6.07, 6.45) is 0. The van der Waals surface area contributed by atoms with Gasteiger partial charge >= 0.3 is 0 Å². The normalized spacial score (nSPS) is 14.0. The average molecular weight is 314 g/mol. The maximum absolute atomic E-state index is 12.5. The minimum atomic E-state index is -3.68. The highest BCUT2D eigenvalue weighted by atomic mass is 32.2. The Balaban J connectivity index is 2.35. The standard InChI is InChI=1S/C17H18N2O2S/c1-13-8-10-16(11-9-13)22(20,21)19-17(14(2)12-18)15-6-4-3-5-7-15/h3-11,14,17,19H,1-2H3. The molecule has 2 aromatic carbocycles. The minimum absolute atomic E-state index is 0.198. The molecule has 2 atom stereocenters. The highest BCUT2D eigenvalue weighted by Crippen LogP contribution is 2.24.